The van der Waals surface area contributed by atoms with Crippen LogP contribution >= 0.6 is 0 Å². The second kappa shape index (κ2) is 7.68. The van der Waals surface area contributed by atoms with Crippen molar-refractivity contribution in [1.82, 2.24) is 0 Å². The van der Waals surface area contributed by atoms with E-state index in [-0.39, 0.29) is 5.92 Å². The fraction of sp³-hybridized carbons (Fsp3) is 0.412. The summed E-state index contributed by atoms with van der Waals surface area (Å²) in [5.41, 5.74) is 3.52. The average Bonchev–Trinajstić information content (AvgIpc) is 2.37. The zero-order chi connectivity index (χ0) is 13.4. The highest BCUT2D eigenvalue weighted by molar-refractivity contribution is 5.64. The zero-order valence-electron chi connectivity index (χ0n) is 11.4. The maximum Gasteiger partial charge on any atom is 0.120 e. The lowest BCUT2D eigenvalue weighted by Gasteiger charge is -2.13. The molecule has 0 N–H and O–H groups in total. The molecular formula is C17H22O. The SMILES string of the molecule is C=C(CC(C=C=O)CCCC)c1ccc(C)cc1. The van der Waals surface area contributed by atoms with E-state index in [9.17, 15) is 4.79 Å². The predicted molar refractivity (Wildman–Crippen MR) is 78.1 cm³/mol. The van der Waals surface area contributed by atoms with Gasteiger partial charge in [0, 0.05) is 6.08 Å². The van der Waals surface area contributed by atoms with Gasteiger partial charge in [0.25, 0.3) is 0 Å². The monoisotopic (exact) mass is 242 g/mol. The highest BCUT2D eigenvalue weighted by Gasteiger charge is 2.08. The molecule has 0 fully saturated rings. The lowest BCUT2D eigenvalue weighted by Crippen LogP contribution is -1.98. The molecule has 0 amide bonds. The molecule has 0 bridgehead atoms. The molecule has 0 aromatic heterocycles. The first-order valence-corrected chi connectivity index (χ1v) is 6.63. The van der Waals surface area contributed by atoms with E-state index in [1.54, 1.807) is 6.08 Å². The van der Waals surface area contributed by atoms with Crippen molar-refractivity contribution >= 4 is 11.5 Å². The third-order valence-corrected chi connectivity index (χ3v) is 3.20. The van der Waals surface area contributed by atoms with Crippen LogP contribution < -0.4 is 0 Å². The Labute approximate surface area is 110 Å². The van der Waals surface area contributed by atoms with Gasteiger partial charge in [-0.2, -0.15) is 0 Å². The molecule has 1 unspecified atom stereocenters. The summed E-state index contributed by atoms with van der Waals surface area (Å²) in [6, 6.07) is 8.38. The molecule has 0 spiro atoms. The Morgan fingerprint density at radius 1 is 1.39 bits per heavy atom. The van der Waals surface area contributed by atoms with Crippen LogP contribution in [0.1, 0.15) is 43.7 Å². The number of benzene rings is 1. The van der Waals surface area contributed by atoms with Crippen LogP contribution in [0.4, 0.5) is 0 Å². The van der Waals surface area contributed by atoms with E-state index in [1.165, 1.54) is 11.1 Å². The van der Waals surface area contributed by atoms with Crippen molar-refractivity contribution in [2.45, 2.75) is 39.5 Å². The van der Waals surface area contributed by atoms with Gasteiger partial charge >= 0.3 is 0 Å². The van der Waals surface area contributed by atoms with Crippen LogP contribution in [0.5, 0.6) is 0 Å². The van der Waals surface area contributed by atoms with E-state index in [4.69, 9.17) is 0 Å². The third kappa shape index (κ3) is 4.73. The van der Waals surface area contributed by atoms with Gasteiger partial charge in [-0.25, -0.2) is 4.79 Å². The fourth-order valence-corrected chi connectivity index (χ4v) is 2.03. The smallest absolute Gasteiger partial charge is 0.120 e. The van der Waals surface area contributed by atoms with Gasteiger partial charge in [0.2, 0.25) is 0 Å². The van der Waals surface area contributed by atoms with Crippen LogP contribution in [0.2, 0.25) is 0 Å². The molecule has 1 atom stereocenters. The Balaban J connectivity index is 2.65. The second-order valence-electron chi connectivity index (χ2n) is 4.86. The standard InChI is InChI=1S/C17H22O/c1-4-5-6-16(11-12-18)13-15(3)17-9-7-14(2)8-10-17/h7-11,16H,3-6,13H2,1-2H3. The molecule has 0 aliphatic carbocycles. The van der Waals surface area contributed by atoms with Crippen LogP contribution in [0.3, 0.4) is 0 Å². The number of allylic oxidation sites excluding steroid dienone is 2. The van der Waals surface area contributed by atoms with Crippen molar-refractivity contribution in [3.63, 3.8) is 0 Å². The highest BCUT2D eigenvalue weighted by Crippen LogP contribution is 2.25. The summed E-state index contributed by atoms with van der Waals surface area (Å²) >= 11 is 0. The van der Waals surface area contributed by atoms with E-state index in [1.807, 2.05) is 5.94 Å². The van der Waals surface area contributed by atoms with Crippen LogP contribution in [-0.4, -0.2) is 5.94 Å². The summed E-state index contributed by atoms with van der Waals surface area (Å²) in [4.78, 5) is 10.5. The van der Waals surface area contributed by atoms with Gasteiger partial charge in [0.15, 0.2) is 0 Å². The Kier molecular flexibility index (Phi) is 6.18. The van der Waals surface area contributed by atoms with E-state index < -0.39 is 0 Å². The lowest BCUT2D eigenvalue weighted by atomic mass is 9.91. The van der Waals surface area contributed by atoms with Crippen LogP contribution in [-0.2, 0) is 4.79 Å². The van der Waals surface area contributed by atoms with Gasteiger partial charge < -0.3 is 0 Å². The van der Waals surface area contributed by atoms with Crippen molar-refractivity contribution in [2.75, 3.05) is 0 Å². The number of hydrogen-bond acceptors (Lipinski definition) is 1. The van der Waals surface area contributed by atoms with E-state index in [0.29, 0.717) is 0 Å². The maximum atomic E-state index is 10.5. The van der Waals surface area contributed by atoms with Crippen LogP contribution in [0.15, 0.2) is 36.9 Å². The normalized spacial score (nSPS) is 11.7. The molecule has 0 saturated heterocycles. The first kappa shape index (κ1) is 14.5. The molecule has 1 aromatic rings. The van der Waals surface area contributed by atoms with Gasteiger partial charge in [-0.05, 0) is 36.8 Å². The summed E-state index contributed by atoms with van der Waals surface area (Å²) in [6.45, 7) is 8.37. The quantitative estimate of drug-likeness (QED) is 0.639. The summed E-state index contributed by atoms with van der Waals surface area (Å²) < 4.78 is 0. The zero-order valence-corrected chi connectivity index (χ0v) is 11.4. The molecule has 1 nitrogen and oxygen atoms in total. The van der Waals surface area contributed by atoms with Crippen LogP contribution in [0.25, 0.3) is 5.57 Å². The number of aryl methyl sites for hydroxylation is 1. The van der Waals surface area contributed by atoms with Gasteiger partial charge in [-0.1, -0.05) is 56.2 Å². The molecule has 0 saturated carbocycles. The summed E-state index contributed by atoms with van der Waals surface area (Å²) in [5, 5.41) is 0. The van der Waals surface area contributed by atoms with Crippen molar-refractivity contribution in [2.24, 2.45) is 5.92 Å². The Bertz CT molecular complexity index is 421. The van der Waals surface area contributed by atoms with Crippen LogP contribution in [0, 0.1) is 12.8 Å². The minimum absolute atomic E-state index is 0.274. The highest BCUT2D eigenvalue weighted by atomic mass is 16.1. The minimum Gasteiger partial charge on any atom is -0.234 e. The topological polar surface area (TPSA) is 17.1 Å². The van der Waals surface area contributed by atoms with E-state index in [0.717, 1.165) is 31.3 Å². The molecule has 1 aromatic carbocycles. The molecule has 1 heteroatoms. The summed E-state index contributed by atoms with van der Waals surface area (Å²) in [5.74, 6) is 2.20. The Morgan fingerprint density at radius 2 is 2.06 bits per heavy atom. The molecular weight excluding hydrogens is 220 g/mol. The molecule has 18 heavy (non-hydrogen) atoms. The molecule has 0 heterocycles. The second-order valence-corrected chi connectivity index (χ2v) is 4.86. The molecule has 96 valence electrons. The molecule has 0 aliphatic heterocycles. The van der Waals surface area contributed by atoms with Gasteiger partial charge in [0.1, 0.15) is 5.94 Å². The van der Waals surface area contributed by atoms with Gasteiger partial charge in [-0.3, -0.25) is 0 Å². The maximum absolute atomic E-state index is 10.5. The first-order chi connectivity index (χ1) is 8.67. The fourth-order valence-electron chi connectivity index (χ4n) is 2.03. The van der Waals surface area contributed by atoms with Gasteiger partial charge in [-0.15, -0.1) is 0 Å². The van der Waals surface area contributed by atoms with Gasteiger partial charge in [0.05, 0.1) is 0 Å². The number of hydrogen-bond donors (Lipinski definition) is 0. The van der Waals surface area contributed by atoms with E-state index in [2.05, 4.69) is 44.7 Å². The number of unbranched alkanes of at least 4 members (excludes halogenated alkanes) is 1. The molecule has 0 radical (unpaired) electrons. The number of rotatable bonds is 7. The lowest BCUT2D eigenvalue weighted by molar-refractivity contribution is 0.548. The molecule has 0 aliphatic rings. The van der Waals surface area contributed by atoms with Crippen molar-refractivity contribution in [1.29, 1.82) is 0 Å². The van der Waals surface area contributed by atoms with E-state index >= 15 is 0 Å². The minimum atomic E-state index is 0.274. The van der Waals surface area contributed by atoms with Crippen molar-refractivity contribution in [3.8, 4) is 0 Å². The third-order valence-electron chi connectivity index (χ3n) is 3.20. The van der Waals surface area contributed by atoms with Crippen molar-refractivity contribution in [3.05, 3.63) is 48.0 Å². The largest absolute Gasteiger partial charge is 0.234 e. The first-order valence-electron chi connectivity index (χ1n) is 6.63. The summed E-state index contributed by atoms with van der Waals surface area (Å²) in [7, 11) is 0. The average molecular weight is 242 g/mol. The molecule has 1 rings (SSSR count). The Hall–Kier alpha value is -1.59. The predicted octanol–water partition coefficient (Wildman–Crippen LogP) is 4.59. The Morgan fingerprint density at radius 3 is 2.61 bits per heavy atom. The van der Waals surface area contributed by atoms with Crippen molar-refractivity contribution < 1.29 is 4.79 Å². The number of carbonyl (C=O) groups excluding carboxylic acids is 1. The summed E-state index contributed by atoms with van der Waals surface area (Å²) in [6.07, 6.45) is 5.83.